The molecule has 0 saturated carbocycles. The van der Waals surface area contributed by atoms with Gasteiger partial charge in [-0.3, -0.25) is 14.4 Å². The highest BCUT2D eigenvalue weighted by atomic mass is 16.5. The summed E-state index contributed by atoms with van der Waals surface area (Å²) in [5.74, 6) is -1.69. The van der Waals surface area contributed by atoms with E-state index in [0.29, 0.717) is 42.8 Å². The third kappa shape index (κ3) is 5.14. The molecule has 3 amide bonds. The third-order valence-corrected chi connectivity index (χ3v) is 9.19. The number of anilines is 2. The number of hydrogen-bond acceptors (Lipinski definition) is 6. The molecule has 3 heterocycles. The Kier molecular flexibility index (Phi) is 8.76. The van der Waals surface area contributed by atoms with Crippen LogP contribution in [0.5, 0.6) is 5.75 Å². The van der Waals surface area contributed by atoms with E-state index in [2.05, 4.69) is 13.2 Å². The fraction of sp³-hybridized carbons (Fsp3) is 0.441. The predicted octanol–water partition coefficient (Wildman–Crippen LogP) is 3.97. The molecule has 2 aromatic carbocycles. The van der Waals surface area contributed by atoms with Gasteiger partial charge in [-0.05, 0) is 69.0 Å². The molecule has 0 radical (unpaired) electrons. The minimum atomic E-state index is -1.16. The molecule has 5 rings (SSSR count). The number of ether oxygens (including phenoxy) is 2. The van der Waals surface area contributed by atoms with Crippen LogP contribution in [-0.4, -0.2) is 78.3 Å². The maximum absolute atomic E-state index is 14.7. The van der Waals surface area contributed by atoms with E-state index in [1.807, 2.05) is 37.3 Å². The van der Waals surface area contributed by atoms with Crippen LogP contribution >= 0.6 is 0 Å². The Morgan fingerprint density at radius 3 is 2.23 bits per heavy atom. The molecule has 3 aliphatic heterocycles. The van der Waals surface area contributed by atoms with Gasteiger partial charge in [-0.25, -0.2) is 0 Å². The number of methoxy groups -OCH3 is 1. The minimum absolute atomic E-state index is 0.0209. The molecule has 2 unspecified atom stereocenters. The lowest BCUT2D eigenvalue weighted by atomic mass is 9.66. The number of benzene rings is 2. The van der Waals surface area contributed by atoms with Crippen LogP contribution in [0.15, 0.2) is 79.9 Å². The molecule has 2 bridgehead atoms. The highest BCUT2D eigenvalue weighted by Gasteiger charge is 2.78. The lowest BCUT2D eigenvalue weighted by Gasteiger charge is -2.37. The summed E-state index contributed by atoms with van der Waals surface area (Å²) in [5, 5.41) is 9.48. The molecule has 2 aromatic rings. The third-order valence-electron chi connectivity index (χ3n) is 9.19. The van der Waals surface area contributed by atoms with Gasteiger partial charge in [-0.15, -0.1) is 13.2 Å². The molecule has 5 atom stereocenters. The van der Waals surface area contributed by atoms with E-state index in [-0.39, 0.29) is 44.0 Å². The molecule has 1 N–H and O–H groups in total. The van der Waals surface area contributed by atoms with Crippen molar-refractivity contribution in [1.82, 2.24) is 4.90 Å². The Bertz CT molecular complexity index is 1360. The van der Waals surface area contributed by atoms with Crippen LogP contribution in [-0.2, 0) is 19.1 Å². The van der Waals surface area contributed by atoms with E-state index >= 15 is 0 Å². The summed E-state index contributed by atoms with van der Waals surface area (Å²) in [6.45, 7) is 10.4. The van der Waals surface area contributed by atoms with Crippen molar-refractivity contribution >= 4 is 29.1 Å². The Morgan fingerprint density at radius 2 is 1.63 bits per heavy atom. The van der Waals surface area contributed by atoms with E-state index in [4.69, 9.17) is 9.47 Å². The van der Waals surface area contributed by atoms with Gasteiger partial charge in [0.25, 0.3) is 5.91 Å². The fourth-order valence-corrected chi connectivity index (χ4v) is 7.30. The number of aliphatic hydroxyl groups is 1. The molecule has 0 aromatic heterocycles. The second-order valence-corrected chi connectivity index (χ2v) is 11.7. The number of aliphatic hydroxyl groups excluding tert-OH is 1. The van der Waals surface area contributed by atoms with Crippen molar-refractivity contribution in [2.24, 2.45) is 11.8 Å². The smallest absolute Gasteiger partial charge is 0.253 e. The summed E-state index contributed by atoms with van der Waals surface area (Å²) in [6, 6.07) is 15.6. The second kappa shape index (κ2) is 12.3. The van der Waals surface area contributed by atoms with Crippen LogP contribution in [0.3, 0.4) is 0 Å². The second-order valence-electron chi connectivity index (χ2n) is 11.7. The molecular weight excluding hydrogens is 546 g/mol. The van der Waals surface area contributed by atoms with Gasteiger partial charge in [0, 0.05) is 37.6 Å². The molecule has 43 heavy (non-hydrogen) atoms. The number of nitrogens with zero attached hydrogens (tertiary/aromatic N) is 3. The molecular formula is C34H41N3O6. The monoisotopic (exact) mass is 587 g/mol. The fourth-order valence-electron chi connectivity index (χ4n) is 7.30. The van der Waals surface area contributed by atoms with Crippen LogP contribution in [0.2, 0.25) is 0 Å². The quantitative estimate of drug-likeness (QED) is 0.281. The van der Waals surface area contributed by atoms with Crippen LogP contribution in [0.1, 0.15) is 32.6 Å². The summed E-state index contributed by atoms with van der Waals surface area (Å²) < 4.78 is 12.1. The van der Waals surface area contributed by atoms with Gasteiger partial charge in [0.2, 0.25) is 11.8 Å². The van der Waals surface area contributed by atoms with Crippen LogP contribution in [0, 0.1) is 11.8 Å². The molecule has 3 fully saturated rings. The number of amides is 3. The predicted molar refractivity (Wildman–Crippen MR) is 165 cm³/mol. The first-order chi connectivity index (χ1) is 20.8. The number of carbonyl (C=O) groups excluding carboxylic acids is 3. The number of likely N-dealkylation sites (tertiary alicyclic amines) is 1. The minimum Gasteiger partial charge on any atom is -0.497 e. The first kappa shape index (κ1) is 30.5. The number of para-hydroxylation sites is 1. The zero-order chi connectivity index (χ0) is 30.8. The average molecular weight is 588 g/mol. The van der Waals surface area contributed by atoms with Crippen molar-refractivity contribution in [3.63, 3.8) is 0 Å². The lowest BCUT2D eigenvalue weighted by Crippen LogP contribution is -2.56. The molecule has 1 spiro atoms. The molecule has 9 nitrogen and oxygen atoms in total. The number of unbranched alkanes of at least 4 members (excludes halogenated alkanes) is 1. The van der Waals surface area contributed by atoms with Gasteiger partial charge in [0.15, 0.2) is 0 Å². The summed E-state index contributed by atoms with van der Waals surface area (Å²) >= 11 is 0. The highest BCUT2D eigenvalue weighted by molar-refractivity contribution is 6.06. The van der Waals surface area contributed by atoms with Crippen LogP contribution in [0.25, 0.3) is 0 Å². The van der Waals surface area contributed by atoms with Gasteiger partial charge < -0.3 is 29.3 Å². The number of rotatable bonds is 13. The summed E-state index contributed by atoms with van der Waals surface area (Å²) in [4.78, 5) is 48.4. The van der Waals surface area contributed by atoms with E-state index in [9.17, 15) is 19.5 Å². The van der Waals surface area contributed by atoms with E-state index in [1.54, 1.807) is 58.2 Å². The zero-order valence-electron chi connectivity index (χ0n) is 25.0. The van der Waals surface area contributed by atoms with Gasteiger partial charge in [-0.2, -0.15) is 0 Å². The van der Waals surface area contributed by atoms with Crippen molar-refractivity contribution in [3.05, 3.63) is 79.9 Å². The molecule has 3 aliphatic rings. The highest BCUT2D eigenvalue weighted by Crippen LogP contribution is 2.63. The zero-order valence-corrected chi connectivity index (χ0v) is 25.0. The number of hydrogen-bond donors (Lipinski definition) is 1. The van der Waals surface area contributed by atoms with Gasteiger partial charge in [-0.1, -0.05) is 30.4 Å². The molecule has 228 valence electrons. The normalized spacial score (nSPS) is 27.1. The summed E-state index contributed by atoms with van der Waals surface area (Å²) in [6.07, 6.45) is 5.34. The lowest BCUT2D eigenvalue weighted by molar-refractivity contribution is -0.144. The maximum atomic E-state index is 14.7. The van der Waals surface area contributed by atoms with Crippen LogP contribution < -0.4 is 14.5 Å². The van der Waals surface area contributed by atoms with E-state index < -0.39 is 29.1 Å². The largest absolute Gasteiger partial charge is 0.497 e. The van der Waals surface area contributed by atoms with Crippen molar-refractivity contribution in [1.29, 1.82) is 0 Å². The van der Waals surface area contributed by atoms with Crippen molar-refractivity contribution in [2.75, 3.05) is 43.2 Å². The average Bonchev–Trinajstić information content (AvgIpc) is 3.59. The SMILES string of the molecule is C=CCN(C(=O)C1N(CCCCO)C(=O)[C@@H]2[C@@H](C(=O)N(CC=C)c3ccccc3)[C@@]3(C)CCC12O3)c1ccc(OC)cc1. The Hall–Kier alpha value is -3.95. The first-order valence-corrected chi connectivity index (χ1v) is 14.9. The standard InChI is InChI=1S/C34H41N3O6/c1-5-20-35(24-12-8-7-9-13-24)30(39)27-28-31(40)37(22-10-11-23-38)29(34(28)19-18-33(27,3)43-34)32(41)36(21-6-2)25-14-16-26(42-4)17-15-25/h5-9,12-17,27-29,38H,1-2,10-11,18-23H2,3-4H3/t27-,28-,29?,33+,34?/m0/s1. The van der Waals surface area contributed by atoms with E-state index in [0.717, 1.165) is 0 Å². The van der Waals surface area contributed by atoms with Gasteiger partial charge in [0.05, 0.1) is 24.5 Å². The van der Waals surface area contributed by atoms with Crippen LogP contribution in [0.4, 0.5) is 11.4 Å². The van der Waals surface area contributed by atoms with Crippen molar-refractivity contribution in [2.45, 2.75) is 49.9 Å². The first-order valence-electron chi connectivity index (χ1n) is 14.9. The van der Waals surface area contributed by atoms with E-state index in [1.165, 1.54) is 0 Å². The summed E-state index contributed by atoms with van der Waals surface area (Å²) in [5.41, 5.74) is -0.724. The number of fused-ring (bicyclic) bond motifs is 1. The number of carbonyl (C=O) groups is 3. The van der Waals surface area contributed by atoms with Crippen molar-refractivity contribution < 1.29 is 29.0 Å². The maximum Gasteiger partial charge on any atom is 0.253 e. The molecule has 9 heteroatoms. The van der Waals surface area contributed by atoms with Gasteiger partial charge in [0.1, 0.15) is 17.4 Å². The van der Waals surface area contributed by atoms with Gasteiger partial charge >= 0.3 is 0 Å². The Labute approximate surface area is 253 Å². The molecule has 3 saturated heterocycles. The van der Waals surface area contributed by atoms with Crippen molar-refractivity contribution in [3.8, 4) is 5.75 Å². The topological polar surface area (TPSA) is 99.6 Å². The summed E-state index contributed by atoms with van der Waals surface area (Å²) in [7, 11) is 1.58. The Balaban J connectivity index is 1.57. The Morgan fingerprint density at radius 1 is 1.00 bits per heavy atom. The molecule has 0 aliphatic carbocycles.